The minimum atomic E-state index is 0. The maximum absolute atomic E-state index is 3.36. The van der Waals surface area contributed by atoms with E-state index >= 15 is 0 Å². The largest absolute Gasteiger partial charge is 2.00 e. The van der Waals surface area contributed by atoms with Crippen LogP contribution in [0.25, 0.3) is 0 Å². The van der Waals surface area contributed by atoms with Crippen molar-refractivity contribution in [3.63, 3.8) is 0 Å². The molecule has 26 valence electrons. The number of allylic oxidation sites excluding steroid dienone is 1. The van der Waals surface area contributed by atoms with E-state index in [9.17, 15) is 0 Å². The van der Waals surface area contributed by atoms with Crippen LogP contribution >= 0.6 is 0 Å². The minimum Gasteiger partial charge on any atom is -0.103 e. The van der Waals surface area contributed by atoms with Crippen molar-refractivity contribution in [1.82, 2.24) is 0 Å². The smallest absolute Gasteiger partial charge is 0.103 e. The molecule has 0 aliphatic rings. The Bertz CT molecular complexity index is 10.8. The van der Waals surface area contributed by atoms with E-state index in [0.29, 0.717) is 0 Å². The van der Waals surface area contributed by atoms with E-state index in [1.807, 2.05) is 6.92 Å². The molecule has 0 aliphatic carbocycles. The molecule has 0 spiro atoms. The van der Waals surface area contributed by atoms with Crippen LogP contribution in [0.2, 0.25) is 0 Å². The van der Waals surface area contributed by atoms with Crippen LogP contribution in [0.4, 0.5) is 0 Å². The summed E-state index contributed by atoms with van der Waals surface area (Å²) in [5, 5.41) is 0. The zero-order valence-electron chi connectivity index (χ0n) is 2.60. The molecule has 0 aliphatic heterocycles. The Morgan fingerprint density at radius 1 is 1.75 bits per heavy atom. The molecule has 0 atom stereocenters. The normalized spacial score (nSPS) is 3.25. The first-order chi connectivity index (χ1) is 1.41. The molecule has 0 aromatic rings. The molecular formula is C3H6Pt+2. The first-order valence-corrected chi connectivity index (χ1v) is 0.986. The maximum Gasteiger partial charge on any atom is 2.00 e. The summed E-state index contributed by atoms with van der Waals surface area (Å²) in [7, 11) is 0. The quantitative estimate of drug-likeness (QED) is 0.555. The molecule has 0 bridgehead atoms. The van der Waals surface area contributed by atoms with Crippen molar-refractivity contribution in [1.29, 1.82) is 0 Å². The van der Waals surface area contributed by atoms with Crippen molar-refractivity contribution in [3.05, 3.63) is 12.7 Å². The van der Waals surface area contributed by atoms with Crippen LogP contribution in [0, 0.1) is 0 Å². The predicted octanol–water partition coefficient (Wildman–Crippen LogP) is 1.19. The first-order valence-electron chi connectivity index (χ1n) is 0.986. The fourth-order valence-electron chi connectivity index (χ4n) is 0. The fraction of sp³-hybridized carbons (Fsp3) is 0.333. The van der Waals surface area contributed by atoms with Gasteiger partial charge in [0.25, 0.3) is 0 Å². The second kappa shape index (κ2) is 9.91. The van der Waals surface area contributed by atoms with Crippen LogP contribution < -0.4 is 0 Å². The molecular weight excluding hydrogens is 231 g/mol. The molecule has 0 aromatic carbocycles. The monoisotopic (exact) mass is 237 g/mol. The SMILES string of the molecule is C=CC.[Pt+2]. The first kappa shape index (κ1) is 8.83. The Balaban J connectivity index is 0. The molecule has 1 heteroatoms. The third-order valence-electron chi connectivity index (χ3n) is 0. The molecule has 0 unspecified atom stereocenters. The van der Waals surface area contributed by atoms with Gasteiger partial charge in [-0.1, -0.05) is 6.08 Å². The summed E-state index contributed by atoms with van der Waals surface area (Å²) in [5.74, 6) is 0. The summed E-state index contributed by atoms with van der Waals surface area (Å²) in [6.07, 6.45) is 1.75. The van der Waals surface area contributed by atoms with Gasteiger partial charge < -0.3 is 0 Å². The topological polar surface area (TPSA) is 0 Å². The van der Waals surface area contributed by atoms with Gasteiger partial charge in [-0.2, -0.15) is 0 Å². The second-order valence-corrected chi connectivity index (χ2v) is 0.408. The molecule has 0 nitrogen and oxygen atoms in total. The standard InChI is InChI=1S/C3H6.Pt/c1-3-2;/h3H,1H2,2H3;/q;+2. The number of hydrogen-bond donors (Lipinski definition) is 0. The van der Waals surface area contributed by atoms with Crippen LogP contribution in [-0.4, -0.2) is 0 Å². The van der Waals surface area contributed by atoms with Crippen LogP contribution in [-0.2, 0) is 21.1 Å². The summed E-state index contributed by atoms with van der Waals surface area (Å²) in [5.41, 5.74) is 0. The third-order valence-corrected chi connectivity index (χ3v) is 0. The minimum absolute atomic E-state index is 0. The second-order valence-electron chi connectivity index (χ2n) is 0.408. The fourth-order valence-corrected chi connectivity index (χ4v) is 0. The third kappa shape index (κ3) is 27.0. The van der Waals surface area contributed by atoms with Crippen LogP contribution in [0.1, 0.15) is 6.92 Å². The van der Waals surface area contributed by atoms with E-state index in [4.69, 9.17) is 0 Å². The van der Waals surface area contributed by atoms with E-state index in [1.54, 1.807) is 6.08 Å². The molecule has 0 radical (unpaired) electrons. The van der Waals surface area contributed by atoms with E-state index in [2.05, 4.69) is 6.58 Å². The van der Waals surface area contributed by atoms with E-state index in [-0.39, 0.29) is 21.1 Å². The molecule has 0 rings (SSSR count). The zero-order valence-corrected chi connectivity index (χ0v) is 4.87. The van der Waals surface area contributed by atoms with Crippen LogP contribution in [0.5, 0.6) is 0 Å². The Labute approximate surface area is 41.2 Å². The summed E-state index contributed by atoms with van der Waals surface area (Å²) in [4.78, 5) is 0. The van der Waals surface area contributed by atoms with E-state index < -0.39 is 0 Å². The van der Waals surface area contributed by atoms with Crippen molar-refractivity contribution >= 4 is 0 Å². The van der Waals surface area contributed by atoms with Crippen molar-refractivity contribution in [2.75, 3.05) is 0 Å². The van der Waals surface area contributed by atoms with Gasteiger partial charge in [-0.15, -0.1) is 6.58 Å². The summed E-state index contributed by atoms with van der Waals surface area (Å²) < 4.78 is 0. The van der Waals surface area contributed by atoms with E-state index in [1.165, 1.54) is 0 Å². The molecule has 0 saturated heterocycles. The molecule has 0 aromatic heterocycles. The zero-order chi connectivity index (χ0) is 2.71. The molecule has 0 saturated carbocycles. The predicted molar refractivity (Wildman–Crippen MR) is 15.9 cm³/mol. The average Bonchev–Trinajstić information content (AvgIpc) is 0.918. The van der Waals surface area contributed by atoms with Gasteiger partial charge in [-0.05, 0) is 6.92 Å². The summed E-state index contributed by atoms with van der Waals surface area (Å²) in [6.45, 7) is 5.25. The van der Waals surface area contributed by atoms with Crippen molar-refractivity contribution in [2.24, 2.45) is 0 Å². The van der Waals surface area contributed by atoms with Crippen molar-refractivity contribution in [2.45, 2.75) is 6.92 Å². The van der Waals surface area contributed by atoms with Gasteiger partial charge in [0.2, 0.25) is 0 Å². The molecule has 0 fully saturated rings. The molecule has 0 amide bonds. The van der Waals surface area contributed by atoms with Crippen molar-refractivity contribution in [3.8, 4) is 0 Å². The Morgan fingerprint density at radius 3 is 1.75 bits per heavy atom. The number of rotatable bonds is 0. The maximum atomic E-state index is 3.36. The molecule has 4 heavy (non-hydrogen) atoms. The number of hydrogen-bond acceptors (Lipinski definition) is 0. The molecule has 0 N–H and O–H groups in total. The van der Waals surface area contributed by atoms with Gasteiger partial charge in [0.1, 0.15) is 0 Å². The van der Waals surface area contributed by atoms with Crippen LogP contribution in [0.15, 0.2) is 12.7 Å². The van der Waals surface area contributed by atoms with Gasteiger partial charge >= 0.3 is 21.1 Å². The summed E-state index contributed by atoms with van der Waals surface area (Å²) in [6, 6.07) is 0. The average molecular weight is 237 g/mol. The van der Waals surface area contributed by atoms with Gasteiger partial charge in [0, 0.05) is 0 Å². The van der Waals surface area contributed by atoms with Gasteiger partial charge in [0.15, 0.2) is 0 Å². The Hall–Kier alpha value is 0.428. The Morgan fingerprint density at radius 2 is 1.75 bits per heavy atom. The van der Waals surface area contributed by atoms with Gasteiger partial charge in [-0.25, -0.2) is 0 Å². The van der Waals surface area contributed by atoms with E-state index in [0.717, 1.165) is 0 Å². The van der Waals surface area contributed by atoms with Gasteiger partial charge in [0.05, 0.1) is 0 Å². The molecule has 0 heterocycles. The summed E-state index contributed by atoms with van der Waals surface area (Å²) >= 11 is 0. The Kier molecular flexibility index (Phi) is 21.9. The van der Waals surface area contributed by atoms with Crippen LogP contribution in [0.3, 0.4) is 0 Å². The van der Waals surface area contributed by atoms with Crippen molar-refractivity contribution < 1.29 is 21.1 Å². The van der Waals surface area contributed by atoms with Gasteiger partial charge in [-0.3, -0.25) is 0 Å².